The van der Waals surface area contributed by atoms with Gasteiger partial charge in [0.25, 0.3) is 0 Å². The van der Waals surface area contributed by atoms with E-state index in [2.05, 4.69) is 33.5 Å². The number of hydrogen-bond acceptors (Lipinski definition) is 3. The Morgan fingerprint density at radius 2 is 2.14 bits per heavy atom. The second-order valence-corrected chi connectivity index (χ2v) is 4.94. The van der Waals surface area contributed by atoms with Crippen molar-refractivity contribution < 1.29 is 0 Å². The summed E-state index contributed by atoms with van der Waals surface area (Å²) in [6.07, 6.45) is 8.58. The van der Waals surface area contributed by atoms with Crippen molar-refractivity contribution >= 4 is 0 Å². The summed E-state index contributed by atoms with van der Waals surface area (Å²) in [7, 11) is 0. The number of aromatic amines is 1. The van der Waals surface area contributed by atoms with Crippen molar-refractivity contribution in [1.82, 2.24) is 25.1 Å². The van der Waals surface area contributed by atoms with Crippen LogP contribution in [-0.4, -0.2) is 19.7 Å². The summed E-state index contributed by atoms with van der Waals surface area (Å²) in [5.41, 5.74) is 2.23. The highest BCUT2D eigenvalue weighted by molar-refractivity contribution is 5.30. The summed E-state index contributed by atoms with van der Waals surface area (Å²) < 4.78 is 1.89. The third-order valence-corrected chi connectivity index (χ3v) is 3.47. The highest BCUT2D eigenvalue weighted by Crippen LogP contribution is 2.13. The second kappa shape index (κ2) is 6.37. The molecule has 0 saturated carbocycles. The molecule has 3 aromatic rings. The van der Waals surface area contributed by atoms with Gasteiger partial charge in [0.15, 0.2) is 0 Å². The molecule has 0 fully saturated rings. The minimum atomic E-state index is 0.236. The normalized spacial score (nSPS) is 12.4. The molecule has 0 aliphatic heterocycles. The van der Waals surface area contributed by atoms with E-state index in [1.165, 1.54) is 0 Å². The van der Waals surface area contributed by atoms with Gasteiger partial charge in [-0.1, -0.05) is 25.1 Å². The number of nitrogens with one attached hydrogen (secondary N) is 2. The van der Waals surface area contributed by atoms with Crippen LogP contribution in [0.3, 0.4) is 0 Å². The number of aromatic nitrogens is 4. The topological polar surface area (TPSA) is 58.5 Å². The van der Waals surface area contributed by atoms with Crippen LogP contribution in [0.5, 0.6) is 0 Å². The molecule has 0 bridgehead atoms. The highest BCUT2D eigenvalue weighted by atomic mass is 15.3. The maximum Gasteiger partial charge on any atom is 0.123 e. The number of para-hydroxylation sites is 1. The molecule has 5 nitrogen and oxygen atoms in total. The lowest BCUT2D eigenvalue weighted by Gasteiger charge is -2.13. The minimum Gasteiger partial charge on any atom is -0.347 e. The third kappa shape index (κ3) is 3.20. The van der Waals surface area contributed by atoms with Crippen molar-refractivity contribution in [2.45, 2.75) is 25.9 Å². The number of rotatable bonds is 6. The Morgan fingerprint density at radius 1 is 1.29 bits per heavy atom. The largest absolute Gasteiger partial charge is 0.347 e. The molecule has 2 N–H and O–H groups in total. The van der Waals surface area contributed by atoms with E-state index in [9.17, 15) is 0 Å². The van der Waals surface area contributed by atoms with E-state index in [0.29, 0.717) is 0 Å². The fraction of sp³-hybridized carbons (Fsp3) is 0.250. The van der Waals surface area contributed by atoms with Gasteiger partial charge < -0.3 is 10.3 Å². The van der Waals surface area contributed by atoms with Crippen molar-refractivity contribution in [2.75, 3.05) is 0 Å². The van der Waals surface area contributed by atoms with Crippen LogP contribution in [0.25, 0.3) is 5.69 Å². The molecule has 1 unspecified atom stereocenters. The molecule has 0 aliphatic rings. The average Bonchev–Trinajstić information content (AvgIpc) is 3.20. The summed E-state index contributed by atoms with van der Waals surface area (Å²) in [5, 5.41) is 7.91. The molecule has 21 heavy (non-hydrogen) atoms. The van der Waals surface area contributed by atoms with Gasteiger partial charge in [-0.05, 0) is 18.6 Å². The van der Waals surface area contributed by atoms with Gasteiger partial charge in [-0.2, -0.15) is 5.10 Å². The van der Waals surface area contributed by atoms with Crippen LogP contribution in [0.2, 0.25) is 0 Å². The first kappa shape index (κ1) is 13.6. The van der Waals surface area contributed by atoms with Gasteiger partial charge in [0.2, 0.25) is 0 Å². The fourth-order valence-corrected chi connectivity index (χ4v) is 2.32. The summed E-state index contributed by atoms with van der Waals surface area (Å²) >= 11 is 0. The van der Waals surface area contributed by atoms with Crippen LogP contribution in [0, 0.1) is 0 Å². The highest BCUT2D eigenvalue weighted by Gasteiger charge is 2.11. The molecule has 0 spiro atoms. The van der Waals surface area contributed by atoms with E-state index in [-0.39, 0.29) is 6.04 Å². The Hall–Kier alpha value is -2.40. The second-order valence-electron chi connectivity index (χ2n) is 4.94. The molecule has 0 radical (unpaired) electrons. The first-order valence-corrected chi connectivity index (χ1v) is 7.18. The van der Waals surface area contributed by atoms with E-state index in [1.54, 1.807) is 6.20 Å². The maximum atomic E-state index is 4.41. The minimum absolute atomic E-state index is 0.236. The van der Waals surface area contributed by atoms with E-state index >= 15 is 0 Å². The molecule has 0 saturated heterocycles. The monoisotopic (exact) mass is 281 g/mol. The van der Waals surface area contributed by atoms with Crippen molar-refractivity contribution in [3.05, 3.63) is 66.5 Å². The first-order valence-electron chi connectivity index (χ1n) is 7.18. The fourth-order valence-electron chi connectivity index (χ4n) is 2.32. The zero-order valence-corrected chi connectivity index (χ0v) is 12.0. The molecule has 108 valence electrons. The smallest absolute Gasteiger partial charge is 0.123 e. The van der Waals surface area contributed by atoms with Gasteiger partial charge in [0.1, 0.15) is 5.82 Å². The molecule has 0 aliphatic carbocycles. The van der Waals surface area contributed by atoms with Crippen molar-refractivity contribution in [2.24, 2.45) is 0 Å². The van der Waals surface area contributed by atoms with E-state index < -0.39 is 0 Å². The lowest BCUT2D eigenvalue weighted by atomic mass is 10.2. The molecular formula is C16H19N5. The van der Waals surface area contributed by atoms with Gasteiger partial charge in [-0.25, -0.2) is 9.67 Å². The predicted octanol–water partition coefficient (Wildman–Crippen LogP) is 2.84. The van der Waals surface area contributed by atoms with Crippen LogP contribution >= 0.6 is 0 Å². The summed E-state index contributed by atoms with van der Waals surface area (Å²) in [6.45, 7) is 2.92. The maximum absolute atomic E-state index is 4.41. The van der Waals surface area contributed by atoms with Gasteiger partial charge >= 0.3 is 0 Å². The average molecular weight is 281 g/mol. The van der Waals surface area contributed by atoms with Crippen molar-refractivity contribution in [3.8, 4) is 5.69 Å². The Bertz CT molecular complexity index is 657. The zero-order valence-electron chi connectivity index (χ0n) is 12.0. The molecule has 1 atom stereocenters. The molecule has 3 rings (SSSR count). The first-order chi connectivity index (χ1) is 10.4. The lowest BCUT2D eigenvalue weighted by Crippen LogP contribution is -2.21. The molecule has 5 heteroatoms. The number of nitrogens with zero attached hydrogens (tertiary/aromatic N) is 3. The number of benzene rings is 1. The quantitative estimate of drug-likeness (QED) is 0.730. The van der Waals surface area contributed by atoms with Gasteiger partial charge in [0, 0.05) is 30.7 Å². The summed E-state index contributed by atoms with van der Waals surface area (Å²) in [6, 6.07) is 10.4. The van der Waals surface area contributed by atoms with E-state index in [4.69, 9.17) is 0 Å². The lowest BCUT2D eigenvalue weighted by molar-refractivity contribution is 0.498. The van der Waals surface area contributed by atoms with Crippen LogP contribution in [0.15, 0.2) is 55.1 Å². The molecular weight excluding hydrogens is 262 g/mol. The number of hydrogen-bond donors (Lipinski definition) is 2. The third-order valence-electron chi connectivity index (χ3n) is 3.47. The van der Waals surface area contributed by atoms with Gasteiger partial charge in [0.05, 0.1) is 17.9 Å². The molecule has 1 aromatic carbocycles. The molecule has 0 amide bonds. The zero-order chi connectivity index (χ0) is 14.5. The summed E-state index contributed by atoms with van der Waals surface area (Å²) in [5.74, 6) is 0.980. The Labute approximate surface area is 124 Å². The van der Waals surface area contributed by atoms with Gasteiger partial charge in [-0.3, -0.25) is 0 Å². The predicted molar refractivity (Wildman–Crippen MR) is 82.0 cm³/mol. The molecule has 2 heterocycles. The molecule has 2 aromatic heterocycles. The number of imidazole rings is 1. The van der Waals surface area contributed by atoms with Crippen LogP contribution in [-0.2, 0) is 6.54 Å². The Morgan fingerprint density at radius 3 is 2.86 bits per heavy atom. The van der Waals surface area contributed by atoms with Crippen LogP contribution in [0.1, 0.15) is 30.8 Å². The number of H-pyrrole nitrogens is 1. The standard InChI is InChI=1S/C16H19N5/c1-2-15(16-17-8-9-18-16)19-10-13-11-20-21(12-13)14-6-4-3-5-7-14/h3-9,11-12,15,19H,2,10H2,1H3,(H,17,18). The van der Waals surface area contributed by atoms with Gasteiger partial charge in [-0.15, -0.1) is 0 Å². The Kier molecular flexibility index (Phi) is 4.12. The van der Waals surface area contributed by atoms with Crippen LogP contribution < -0.4 is 5.32 Å². The van der Waals surface area contributed by atoms with E-state index in [1.807, 2.05) is 47.4 Å². The SMILES string of the molecule is CCC(NCc1cnn(-c2ccccc2)c1)c1ncc[nH]1. The summed E-state index contributed by atoms with van der Waals surface area (Å²) in [4.78, 5) is 7.47. The van der Waals surface area contributed by atoms with Crippen molar-refractivity contribution in [1.29, 1.82) is 0 Å². The van der Waals surface area contributed by atoms with E-state index in [0.717, 1.165) is 30.0 Å². The van der Waals surface area contributed by atoms with Crippen molar-refractivity contribution in [3.63, 3.8) is 0 Å². The Balaban J connectivity index is 1.65. The van der Waals surface area contributed by atoms with Crippen LogP contribution in [0.4, 0.5) is 0 Å².